The molecule has 4 N–H and O–H groups in total. The van der Waals surface area contributed by atoms with Crippen LogP contribution in [0.1, 0.15) is 29.6 Å². The van der Waals surface area contributed by atoms with Crippen molar-refractivity contribution in [1.29, 1.82) is 0 Å². The van der Waals surface area contributed by atoms with Gasteiger partial charge in [0.05, 0.1) is 5.56 Å². The SMILES string of the molecule is Nc1ccc2c(C(=O)NCCCCC(F)(F)F)c[nH]c2c1. The van der Waals surface area contributed by atoms with Crippen molar-refractivity contribution in [3.63, 3.8) is 0 Å². The molecule has 2 aromatic rings. The number of nitrogens with two attached hydrogens (primary N) is 1. The van der Waals surface area contributed by atoms with Gasteiger partial charge in [-0.25, -0.2) is 0 Å². The normalized spacial score (nSPS) is 11.8. The molecule has 0 atom stereocenters. The van der Waals surface area contributed by atoms with Crippen LogP contribution in [0.3, 0.4) is 0 Å². The summed E-state index contributed by atoms with van der Waals surface area (Å²) in [6.07, 6.45) is -3.10. The highest BCUT2D eigenvalue weighted by molar-refractivity contribution is 6.07. The van der Waals surface area contributed by atoms with Crippen molar-refractivity contribution in [3.8, 4) is 0 Å². The van der Waals surface area contributed by atoms with E-state index in [1.54, 1.807) is 24.4 Å². The van der Waals surface area contributed by atoms with Crippen LogP contribution in [-0.4, -0.2) is 23.6 Å². The maximum atomic E-state index is 12.0. The van der Waals surface area contributed by atoms with Crippen molar-refractivity contribution >= 4 is 22.5 Å². The zero-order valence-electron chi connectivity index (χ0n) is 11.3. The van der Waals surface area contributed by atoms with Gasteiger partial charge in [0.1, 0.15) is 0 Å². The first-order valence-corrected chi connectivity index (χ1v) is 6.58. The average molecular weight is 299 g/mol. The third-order valence-electron chi connectivity index (χ3n) is 3.12. The molecule has 0 unspecified atom stereocenters. The first kappa shape index (κ1) is 15.2. The fourth-order valence-electron chi connectivity index (χ4n) is 2.08. The lowest BCUT2D eigenvalue weighted by molar-refractivity contribution is -0.135. The van der Waals surface area contributed by atoms with E-state index in [1.165, 1.54) is 0 Å². The molecule has 1 aromatic heterocycles. The van der Waals surface area contributed by atoms with E-state index in [4.69, 9.17) is 5.73 Å². The lowest BCUT2D eigenvalue weighted by Crippen LogP contribution is -2.24. The van der Waals surface area contributed by atoms with E-state index in [2.05, 4.69) is 10.3 Å². The Morgan fingerprint density at radius 3 is 2.76 bits per heavy atom. The van der Waals surface area contributed by atoms with Crippen molar-refractivity contribution in [3.05, 3.63) is 30.0 Å². The Labute approximate surface area is 119 Å². The van der Waals surface area contributed by atoms with Crippen LogP contribution >= 0.6 is 0 Å². The maximum Gasteiger partial charge on any atom is 0.389 e. The fraction of sp³-hybridized carbons (Fsp3) is 0.357. The van der Waals surface area contributed by atoms with Crippen molar-refractivity contribution in [1.82, 2.24) is 10.3 Å². The van der Waals surface area contributed by atoms with E-state index in [0.29, 0.717) is 17.7 Å². The van der Waals surface area contributed by atoms with E-state index < -0.39 is 12.6 Å². The highest BCUT2D eigenvalue weighted by atomic mass is 19.4. The summed E-state index contributed by atoms with van der Waals surface area (Å²) < 4.78 is 35.9. The summed E-state index contributed by atoms with van der Waals surface area (Å²) in [5.41, 5.74) is 7.44. The molecule has 0 saturated heterocycles. The molecule has 0 aliphatic carbocycles. The highest BCUT2D eigenvalue weighted by Gasteiger charge is 2.25. The Balaban J connectivity index is 1.88. The number of nitrogen functional groups attached to an aromatic ring is 1. The van der Waals surface area contributed by atoms with Crippen molar-refractivity contribution in [2.24, 2.45) is 0 Å². The predicted octanol–water partition coefficient (Wildman–Crippen LogP) is 3.21. The molecule has 4 nitrogen and oxygen atoms in total. The summed E-state index contributed by atoms with van der Waals surface area (Å²) in [6, 6.07) is 5.14. The van der Waals surface area contributed by atoms with Crippen molar-refractivity contribution in [2.45, 2.75) is 25.4 Å². The number of amides is 1. The molecular formula is C14H16F3N3O. The van der Waals surface area contributed by atoms with Crippen LogP contribution in [0.4, 0.5) is 18.9 Å². The molecule has 1 aromatic carbocycles. The number of carbonyl (C=O) groups excluding carboxylic acids is 1. The molecule has 1 heterocycles. The summed E-state index contributed by atoms with van der Waals surface area (Å²) in [5.74, 6) is -0.307. The summed E-state index contributed by atoms with van der Waals surface area (Å²) in [4.78, 5) is 14.9. The minimum atomic E-state index is -4.14. The topological polar surface area (TPSA) is 70.9 Å². The molecule has 0 radical (unpaired) electrons. The fourth-order valence-corrected chi connectivity index (χ4v) is 2.08. The van der Waals surface area contributed by atoms with Crippen LogP contribution < -0.4 is 11.1 Å². The second-order valence-electron chi connectivity index (χ2n) is 4.84. The van der Waals surface area contributed by atoms with E-state index in [1.807, 2.05) is 0 Å². The van der Waals surface area contributed by atoms with Gasteiger partial charge in [-0.2, -0.15) is 13.2 Å². The van der Waals surface area contributed by atoms with Crippen LogP contribution in [0.15, 0.2) is 24.4 Å². The zero-order chi connectivity index (χ0) is 15.5. The van der Waals surface area contributed by atoms with Gasteiger partial charge in [0.25, 0.3) is 5.91 Å². The minimum Gasteiger partial charge on any atom is -0.399 e. The summed E-state index contributed by atoms with van der Waals surface area (Å²) >= 11 is 0. The number of halogens is 3. The monoisotopic (exact) mass is 299 g/mol. The third-order valence-corrected chi connectivity index (χ3v) is 3.12. The molecule has 1 amide bonds. The quantitative estimate of drug-likeness (QED) is 0.586. The standard InChI is InChI=1S/C14H16F3N3O/c15-14(16,17)5-1-2-6-19-13(21)11-8-20-12-7-9(18)3-4-10(11)12/h3-4,7-8,20H,1-2,5-6,18H2,(H,19,21). The van der Waals surface area contributed by atoms with Crippen LogP contribution in [0.5, 0.6) is 0 Å². The van der Waals surface area contributed by atoms with Gasteiger partial charge in [0.2, 0.25) is 0 Å². The molecule has 21 heavy (non-hydrogen) atoms. The number of aromatic nitrogens is 1. The van der Waals surface area contributed by atoms with Crippen molar-refractivity contribution in [2.75, 3.05) is 12.3 Å². The van der Waals surface area contributed by atoms with Gasteiger partial charge >= 0.3 is 6.18 Å². The molecule has 0 spiro atoms. The number of carbonyl (C=O) groups is 1. The Morgan fingerprint density at radius 1 is 1.29 bits per heavy atom. The van der Waals surface area contributed by atoms with E-state index in [9.17, 15) is 18.0 Å². The molecule has 0 aliphatic rings. The lowest BCUT2D eigenvalue weighted by atomic mass is 10.1. The number of alkyl halides is 3. The number of benzene rings is 1. The second kappa shape index (κ2) is 6.07. The second-order valence-corrected chi connectivity index (χ2v) is 4.84. The molecule has 0 bridgehead atoms. The number of fused-ring (bicyclic) bond motifs is 1. The summed E-state index contributed by atoms with van der Waals surface area (Å²) in [5, 5.41) is 3.35. The van der Waals surface area contributed by atoms with E-state index >= 15 is 0 Å². The number of rotatable bonds is 5. The molecule has 2 rings (SSSR count). The van der Waals surface area contributed by atoms with Gasteiger partial charge in [-0.1, -0.05) is 0 Å². The summed E-state index contributed by atoms with van der Waals surface area (Å²) in [7, 11) is 0. The number of nitrogens with one attached hydrogen (secondary N) is 2. The maximum absolute atomic E-state index is 12.0. The van der Waals surface area contributed by atoms with Gasteiger partial charge in [-0.05, 0) is 31.0 Å². The van der Waals surface area contributed by atoms with Crippen molar-refractivity contribution < 1.29 is 18.0 Å². The van der Waals surface area contributed by atoms with Gasteiger partial charge in [-0.3, -0.25) is 4.79 Å². The smallest absolute Gasteiger partial charge is 0.389 e. The van der Waals surface area contributed by atoms with Crippen LogP contribution in [0, 0.1) is 0 Å². The highest BCUT2D eigenvalue weighted by Crippen LogP contribution is 2.22. The van der Waals surface area contributed by atoms with E-state index in [-0.39, 0.29) is 18.9 Å². The molecular weight excluding hydrogens is 283 g/mol. The van der Waals surface area contributed by atoms with Crippen LogP contribution in [0.2, 0.25) is 0 Å². The number of aromatic amines is 1. The third kappa shape index (κ3) is 4.14. The number of anilines is 1. The van der Waals surface area contributed by atoms with Crippen LogP contribution in [0.25, 0.3) is 10.9 Å². The molecule has 0 saturated carbocycles. The Bertz CT molecular complexity index is 634. The molecule has 0 aliphatic heterocycles. The Morgan fingerprint density at radius 2 is 2.05 bits per heavy atom. The summed E-state index contributed by atoms with van der Waals surface area (Å²) in [6.45, 7) is 0.219. The number of unbranched alkanes of at least 4 members (excludes halogenated alkanes) is 1. The van der Waals surface area contributed by atoms with Gasteiger partial charge in [0.15, 0.2) is 0 Å². The first-order chi connectivity index (χ1) is 9.87. The zero-order valence-corrected chi connectivity index (χ0v) is 11.3. The Kier molecular flexibility index (Phi) is 4.40. The van der Waals surface area contributed by atoms with Gasteiger partial charge < -0.3 is 16.0 Å². The first-order valence-electron chi connectivity index (χ1n) is 6.58. The largest absolute Gasteiger partial charge is 0.399 e. The Hall–Kier alpha value is -2.18. The van der Waals surface area contributed by atoms with E-state index in [0.717, 1.165) is 10.9 Å². The molecule has 0 fully saturated rings. The lowest BCUT2D eigenvalue weighted by Gasteiger charge is -2.07. The number of hydrogen-bond donors (Lipinski definition) is 3. The number of hydrogen-bond acceptors (Lipinski definition) is 2. The predicted molar refractivity (Wildman–Crippen MR) is 75.0 cm³/mol. The molecule has 114 valence electrons. The van der Waals surface area contributed by atoms with Crippen LogP contribution in [-0.2, 0) is 0 Å². The number of H-pyrrole nitrogens is 1. The van der Waals surface area contributed by atoms with Gasteiger partial charge in [0, 0.05) is 35.8 Å². The minimum absolute atomic E-state index is 0.00813. The average Bonchev–Trinajstić information content (AvgIpc) is 2.79. The van der Waals surface area contributed by atoms with Gasteiger partial charge in [-0.15, -0.1) is 0 Å². The molecule has 7 heteroatoms.